The van der Waals surface area contributed by atoms with Gasteiger partial charge in [0.05, 0.1) is 25.2 Å². The van der Waals surface area contributed by atoms with E-state index < -0.39 is 18.2 Å². The number of nitrogens with one attached hydrogen (secondary N) is 1. The molecule has 6 nitrogen and oxygen atoms in total. The van der Waals surface area contributed by atoms with Gasteiger partial charge in [0.15, 0.2) is 0 Å². The predicted octanol–water partition coefficient (Wildman–Crippen LogP) is 15.9. The zero-order valence-corrected chi connectivity index (χ0v) is 40.4. The zero-order chi connectivity index (χ0) is 43.8. The first kappa shape index (κ1) is 58.3. The van der Waals surface area contributed by atoms with Crippen LogP contribution < -0.4 is 5.32 Å². The Hall–Kier alpha value is -1.66. The van der Waals surface area contributed by atoms with Gasteiger partial charge in [-0.25, -0.2) is 0 Å². The molecule has 0 fully saturated rings. The molecule has 0 aliphatic carbocycles. The maximum Gasteiger partial charge on any atom is 0.306 e. The van der Waals surface area contributed by atoms with Gasteiger partial charge in [0.25, 0.3) is 0 Å². The third-order valence-electron chi connectivity index (χ3n) is 12.3. The summed E-state index contributed by atoms with van der Waals surface area (Å²) >= 11 is 0. The van der Waals surface area contributed by atoms with Crippen molar-refractivity contribution in [2.45, 2.75) is 302 Å². The van der Waals surface area contributed by atoms with E-state index in [-0.39, 0.29) is 24.9 Å². The summed E-state index contributed by atoms with van der Waals surface area (Å²) in [5.41, 5.74) is 0. The van der Waals surface area contributed by atoms with E-state index in [1.54, 1.807) is 0 Å². The van der Waals surface area contributed by atoms with Crippen molar-refractivity contribution in [1.29, 1.82) is 0 Å². The van der Waals surface area contributed by atoms with Gasteiger partial charge in [-0.1, -0.05) is 218 Å². The summed E-state index contributed by atoms with van der Waals surface area (Å²) in [6.45, 7) is 6.46. The fourth-order valence-corrected chi connectivity index (χ4v) is 8.19. The van der Waals surface area contributed by atoms with Crippen molar-refractivity contribution < 1.29 is 24.5 Å². The molecule has 0 aliphatic heterocycles. The van der Waals surface area contributed by atoms with Crippen LogP contribution >= 0.6 is 0 Å². The van der Waals surface area contributed by atoms with Gasteiger partial charge in [-0.05, 0) is 77.0 Å². The van der Waals surface area contributed by atoms with E-state index >= 15 is 0 Å². The van der Waals surface area contributed by atoms with Gasteiger partial charge in [0.2, 0.25) is 5.91 Å². The van der Waals surface area contributed by atoms with Crippen LogP contribution in [0.25, 0.3) is 0 Å². The van der Waals surface area contributed by atoms with Crippen molar-refractivity contribution >= 4 is 11.9 Å². The van der Waals surface area contributed by atoms with Crippen LogP contribution in [0.5, 0.6) is 0 Å². The quantitative estimate of drug-likeness (QED) is 0.0322. The van der Waals surface area contributed by atoms with Crippen LogP contribution in [0.4, 0.5) is 0 Å². The first-order valence-corrected chi connectivity index (χ1v) is 26.6. The Kier molecular flexibility index (Phi) is 47.0. The minimum atomic E-state index is -0.787. The standard InChI is InChI=1S/C54H103NO5/c1-4-7-10-13-16-19-22-24-25-26-27-28-29-30-32-35-38-41-44-47-54(59)60-50(45-42-39-36-33-21-18-15-12-9-6-3)48-53(58)55-51(49-56)52(57)46-43-40-37-34-31-23-20-17-14-11-8-5-2/h18,21,24-25,50-52,56-57H,4-17,19-20,22-23,26-49H2,1-3H3,(H,55,58)/b21-18-,25-24+. The normalized spacial score (nSPS) is 13.3. The largest absolute Gasteiger partial charge is 0.462 e. The topological polar surface area (TPSA) is 95.9 Å². The number of rotatable bonds is 48. The van der Waals surface area contributed by atoms with Crippen LogP contribution in [0.3, 0.4) is 0 Å². The fraction of sp³-hybridized carbons (Fsp3) is 0.889. The third kappa shape index (κ3) is 43.0. The highest BCUT2D eigenvalue weighted by Gasteiger charge is 2.24. The van der Waals surface area contributed by atoms with Crippen molar-refractivity contribution in [1.82, 2.24) is 5.32 Å². The van der Waals surface area contributed by atoms with Crippen LogP contribution in [0.15, 0.2) is 24.3 Å². The average molecular weight is 846 g/mol. The molecule has 0 heterocycles. The molecule has 0 rings (SSSR count). The van der Waals surface area contributed by atoms with E-state index in [0.717, 1.165) is 64.2 Å². The van der Waals surface area contributed by atoms with Gasteiger partial charge >= 0.3 is 5.97 Å². The first-order chi connectivity index (χ1) is 29.5. The molecule has 3 N–H and O–H groups in total. The van der Waals surface area contributed by atoms with Crippen molar-refractivity contribution in [3.8, 4) is 0 Å². The van der Waals surface area contributed by atoms with Crippen molar-refractivity contribution in [2.24, 2.45) is 0 Å². The molecule has 0 saturated carbocycles. The summed E-state index contributed by atoms with van der Waals surface area (Å²) < 4.78 is 5.92. The van der Waals surface area contributed by atoms with E-state index in [0.29, 0.717) is 19.3 Å². The molecule has 0 aromatic rings. The first-order valence-electron chi connectivity index (χ1n) is 26.6. The number of allylic oxidation sites excluding steroid dienone is 4. The Labute approximate surface area is 373 Å². The number of aliphatic hydroxyl groups excluding tert-OH is 2. The number of unbranched alkanes of at least 4 members (excludes halogenated alkanes) is 32. The number of hydrogen-bond acceptors (Lipinski definition) is 5. The number of aliphatic hydroxyl groups is 2. The molecule has 0 aromatic heterocycles. The lowest BCUT2D eigenvalue weighted by molar-refractivity contribution is -0.151. The molecule has 6 heteroatoms. The average Bonchev–Trinajstić information content (AvgIpc) is 3.24. The van der Waals surface area contributed by atoms with Crippen molar-refractivity contribution in [3.63, 3.8) is 0 Å². The summed E-state index contributed by atoms with van der Waals surface area (Å²) in [6, 6.07) is -0.702. The number of hydrogen-bond donors (Lipinski definition) is 3. The SMILES string of the molecule is CCCCC/C=C\CCCCCC(CC(=O)NC(CO)C(O)CCCCCCCCCCCCCC)OC(=O)CCCCCCCCCCC/C=C/CCCCCCCC. The van der Waals surface area contributed by atoms with Gasteiger partial charge in [-0.3, -0.25) is 9.59 Å². The van der Waals surface area contributed by atoms with Gasteiger partial charge in [-0.15, -0.1) is 0 Å². The maximum atomic E-state index is 13.2. The van der Waals surface area contributed by atoms with E-state index in [4.69, 9.17) is 4.74 Å². The zero-order valence-electron chi connectivity index (χ0n) is 40.4. The highest BCUT2D eigenvalue weighted by atomic mass is 16.5. The number of esters is 1. The van der Waals surface area contributed by atoms with Gasteiger partial charge in [-0.2, -0.15) is 0 Å². The van der Waals surface area contributed by atoms with Gasteiger partial charge in [0, 0.05) is 6.42 Å². The molecule has 0 spiro atoms. The molecule has 0 bridgehead atoms. The molecular formula is C54H103NO5. The Balaban J connectivity index is 4.44. The van der Waals surface area contributed by atoms with E-state index in [9.17, 15) is 19.8 Å². The van der Waals surface area contributed by atoms with Gasteiger partial charge in [0.1, 0.15) is 6.10 Å². The molecule has 0 radical (unpaired) electrons. The Morgan fingerprint density at radius 2 is 0.800 bits per heavy atom. The smallest absolute Gasteiger partial charge is 0.306 e. The molecule has 60 heavy (non-hydrogen) atoms. The van der Waals surface area contributed by atoms with Crippen LogP contribution in [0, 0.1) is 0 Å². The molecule has 0 aromatic carbocycles. The summed E-state index contributed by atoms with van der Waals surface area (Å²) in [7, 11) is 0. The minimum absolute atomic E-state index is 0.0698. The second-order valence-corrected chi connectivity index (χ2v) is 18.3. The monoisotopic (exact) mass is 846 g/mol. The lowest BCUT2D eigenvalue weighted by Gasteiger charge is -2.24. The van der Waals surface area contributed by atoms with Crippen molar-refractivity contribution in [2.75, 3.05) is 6.61 Å². The summed E-state index contributed by atoms with van der Waals surface area (Å²) in [5.74, 6) is -0.481. The minimum Gasteiger partial charge on any atom is -0.462 e. The van der Waals surface area contributed by atoms with Gasteiger partial charge < -0.3 is 20.3 Å². The highest BCUT2D eigenvalue weighted by molar-refractivity contribution is 5.77. The lowest BCUT2D eigenvalue weighted by Crippen LogP contribution is -2.46. The fourth-order valence-electron chi connectivity index (χ4n) is 8.19. The molecule has 0 aliphatic rings. The van der Waals surface area contributed by atoms with Crippen molar-refractivity contribution in [3.05, 3.63) is 24.3 Å². The van der Waals surface area contributed by atoms with Crippen LogP contribution in [-0.4, -0.2) is 46.9 Å². The number of ether oxygens (including phenoxy) is 1. The van der Waals surface area contributed by atoms with Crippen LogP contribution in [0.2, 0.25) is 0 Å². The lowest BCUT2D eigenvalue weighted by atomic mass is 10.0. The van der Waals surface area contributed by atoms with E-state index in [2.05, 4.69) is 50.4 Å². The maximum absolute atomic E-state index is 13.2. The molecule has 3 atom stereocenters. The molecular weight excluding hydrogens is 743 g/mol. The summed E-state index contributed by atoms with van der Waals surface area (Å²) in [6.07, 6.45) is 55.3. The van der Waals surface area contributed by atoms with E-state index in [1.165, 1.54) is 173 Å². The number of carbonyl (C=O) groups is 2. The van der Waals surface area contributed by atoms with E-state index in [1.807, 2.05) is 0 Å². The Morgan fingerprint density at radius 3 is 1.23 bits per heavy atom. The number of carbonyl (C=O) groups excluding carboxylic acids is 2. The molecule has 1 amide bonds. The summed E-state index contributed by atoms with van der Waals surface area (Å²) in [4.78, 5) is 26.1. The number of amides is 1. The second-order valence-electron chi connectivity index (χ2n) is 18.3. The molecule has 354 valence electrons. The van der Waals surface area contributed by atoms with Crippen LogP contribution in [-0.2, 0) is 14.3 Å². The highest BCUT2D eigenvalue weighted by Crippen LogP contribution is 2.18. The predicted molar refractivity (Wildman–Crippen MR) is 260 cm³/mol. The van der Waals surface area contributed by atoms with Crippen LogP contribution in [0.1, 0.15) is 284 Å². The Morgan fingerprint density at radius 1 is 0.467 bits per heavy atom. The molecule has 0 saturated heterocycles. The third-order valence-corrected chi connectivity index (χ3v) is 12.3. The summed E-state index contributed by atoms with van der Waals surface area (Å²) in [5, 5.41) is 23.7. The second kappa shape index (κ2) is 48.4. The molecule has 3 unspecified atom stereocenters. The Bertz CT molecular complexity index is 950.